The van der Waals surface area contributed by atoms with Crippen molar-refractivity contribution in [1.82, 2.24) is 0 Å². The van der Waals surface area contributed by atoms with Crippen molar-refractivity contribution in [2.24, 2.45) is 0 Å². The Hall–Kier alpha value is -1.06. The van der Waals surface area contributed by atoms with Gasteiger partial charge in [0.2, 0.25) is 0 Å². The van der Waals surface area contributed by atoms with Gasteiger partial charge in [-0.25, -0.2) is 0 Å². The second-order valence-electron chi connectivity index (χ2n) is 5.00. The zero-order valence-electron chi connectivity index (χ0n) is 11.5. The zero-order chi connectivity index (χ0) is 14.8. The fourth-order valence-corrected chi connectivity index (χ4v) is 4.48. The number of aryl methyl sites for hydroxylation is 1. The second kappa shape index (κ2) is 6.37. The summed E-state index contributed by atoms with van der Waals surface area (Å²) in [4.78, 5) is 2.11. The number of benzene rings is 2. The van der Waals surface area contributed by atoms with Gasteiger partial charge in [-0.1, -0.05) is 0 Å². The van der Waals surface area contributed by atoms with E-state index in [1.54, 1.807) is 0 Å². The predicted molar refractivity (Wildman–Crippen MR) is 89.0 cm³/mol. The molecule has 1 atom stereocenters. The molecule has 2 nitrogen and oxygen atoms in total. The molecule has 0 saturated heterocycles. The number of aliphatic hydroxyl groups excluding tert-OH is 1. The van der Waals surface area contributed by atoms with E-state index in [0.29, 0.717) is 6.42 Å². The van der Waals surface area contributed by atoms with Gasteiger partial charge in [0.1, 0.15) is 0 Å². The van der Waals surface area contributed by atoms with E-state index in [1.165, 1.54) is 4.46 Å². The molecule has 0 spiro atoms. The third-order valence-electron chi connectivity index (χ3n) is 3.27. The minimum atomic E-state index is -0.497. The van der Waals surface area contributed by atoms with Crippen molar-refractivity contribution in [3.05, 3.63) is 68.8 Å². The topological polar surface area (TPSA) is 29.5 Å². The van der Waals surface area contributed by atoms with Crippen LogP contribution in [0.25, 0.3) is 0 Å². The molecule has 0 amide bonds. The van der Waals surface area contributed by atoms with E-state index < -0.39 is 6.10 Å². The van der Waals surface area contributed by atoms with Gasteiger partial charge in [0.15, 0.2) is 0 Å². The summed E-state index contributed by atoms with van der Waals surface area (Å²) in [5.41, 5.74) is 1.98. The predicted octanol–water partition coefficient (Wildman–Crippen LogP) is 3.44. The quantitative estimate of drug-likeness (QED) is 0.769. The van der Waals surface area contributed by atoms with E-state index in [4.69, 9.17) is 4.74 Å². The molecule has 1 N–H and O–H groups in total. The minimum absolute atomic E-state index is 0.213. The SMILES string of the molecule is Cc1cc(Br)c2c(c1)C(O)C/C(=C\[Se]c1ccccc1)O2. The maximum absolute atomic E-state index is 10.3. The molecule has 21 heavy (non-hydrogen) atoms. The molecule has 1 aliphatic heterocycles. The van der Waals surface area contributed by atoms with Crippen molar-refractivity contribution in [2.75, 3.05) is 0 Å². The van der Waals surface area contributed by atoms with Gasteiger partial charge in [-0.15, -0.1) is 0 Å². The first-order valence-electron chi connectivity index (χ1n) is 6.70. The Morgan fingerprint density at radius 3 is 2.81 bits per heavy atom. The Bertz CT molecular complexity index is 683. The number of ether oxygens (including phenoxy) is 1. The van der Waals surface area contributed by atoms with E-state index in [9.17, 15) is 5.11 Å². The number of fused-ring (bicyclic) bond motifs is 1. The Morgan fingerprint density at radius 2 is 2.05 bits per heavy atom. The van der Waals surface area contributed by atoms with Crippen LogP contribution in [0.1, 0.15) is 23.7 Å². The first-order valence-corrected chi connectivity index (χ1v) is 9.34. The van der Waals surface area contributed by atoms with Crippen LogP contribution >= 0.6 is 15.9 Å². The van der Waals surface area contributed by atoms with Crippen molar-refractivity contribution < 1.29 is 9.84 Å². The molecular formula is C17H15BrO2Se. The van der Waals surface area contributed by atoms with Crippen molar-refractivity contribution >= 4 is 35.3 Å². The third kappa shape index (κ3) is 3.41. The molecule has 1 unspecified atom stereocenters. The van der Waals surface area contributed by atoms with E-state index in [2.05, 4.69) is 33.0 Å². The Kier molecular flexibility index (Phi) is 4.51. The second-order valence-corrected chi connectivity index (χ2v) is 7.83. The van der Waals surface area contributed by atoms with Gasteiger partial charge in [-0.3, -0.25) is 0 Å². The molecule has 2 aromatic carbocycles. The number of aliphatic hydroxyl groups is 1. The zero-order valence-corrected chi connectivity index (χ0v) is 14.8. The van der Waals surface area contributed by atoms with Gasteiger partial charge in [-0.05, 0) is 0 Å². The molecule has 0 fully saturated rings. The van der Waals surface area contributed by atoms with Crippen LogP contribution in [0.4, 0.5) is 0 Å². The van der Waals surface area contributed by atoms with Gasteiger partial charge in [-0.2, -0.15) is 0 Å². The van der Waals surface area contributed by atoms with Crippen LogP contribution in [0.3, 0.4) is 0 Å². The standard InChI is InChI=1S/C17H15BrO2Se/c1-11-7-14-16(19)9-12(20-17(14)15(18)8-11)10-21-13-5-3-2-4-6-13/h2-8,10,16,19H,9H2,1H3/b12-10+. The van der Waals surface area contributed by atoms with Gasteiger partial charge in [0.25, 0.3) is 0 Å². The molecule has 1 heterocycles. The summed E-state index contributed by atoms with van der Waals surface area (Å²) in [5, 5.41) is 10.3. The molecule has 0 bridgehead atoms. The van der Waals surface area contributed by atoms with Crippen LogP contribution < -0.4 is 9.20 Å². The normalized spacial score (nSPS) is 19.2. The summed E-state index contributed by atoms with van der Waals surface area (Å²) < 4.78 is 8.17. The molecule has 2 aromatic rings. The maximum atomic E-state index is 10.3. The average molecular weight is 410 g/mol. The van der Waals surface area contributed by atoms with E-state index in [0.717, 1.165) is 27.1 Å². The molecule has 0 aromatic heterocycles. The Labute approximate surface area is 139 Å². The summed E-state index contributed by atoms with van der Waals surface area (Å²) in [6, 6.07) is 14.3. The summed E-state index contributed by atoms with van der Waals surface area (Å²) >= 11 is 3.74. The van der Waals surface area contributed by atoms with E-state index in [-0.39, 0.29) is 15.0 Å². The van der Waals surface area contributed by atoms with Crippen LogP contribution in [0.2, 0.25) is 0 Å². The molecule has 3 rings (SSSR count). The Balaban J connectivity index is 1.85. The first kappa shape index (κ1) is 14.9. The van der Waals surface area contributed by atoms with Crippen LogP contribution in [0.15, 0.2) is 57.7 Å². The van der Waals surface area contributed by atoms with Crippen molar-refractivity contribution in [3.8, 4) is 5.75 Å². The molecule has 1 aliphatic rings. The van der Waals surface area contributed by atoms with Crippen LogP contribution in [-0.2, 0) is 0 Å². The summed E-state index contributed by atoms with van der Waals surface area (Å²) in [5.74, 6) is 1.60. The van der Waals surface area contributed by atoms with Gasteiger partial charge < -0.3 is 0 Å². The third-order valence-corrected chi connectivity index (χ3v) is 5.80. The average Bonchev–Trinajstić information content (AvgIpc) is 2.47. The first-order chi connectivity index (χ1) is 10.1. The summed E-state index contributed by atoms with van der Waals surface area (Å²) in [7, 11) is 0. The van der Waals surface area contributed by atoms with E-state index in [1.807, 2.05) is 37.3 Å². The van der Waals surface area contributed by atoms with Crippen LogP contribution in [-0.4, -0.2) is 20.1 Å². The van der Waals surface area contributed by atoms with E-state index >= 15 is 0 Å². The van der Waals surface area contributed by atoms with Gasteiger partial charge in [0, 0.05) is 0 Å². The molecular weight excluding hydrogens is 395 g/mol. The van der Waals surface area contributed by atoms with Gasteiger partial charge in [0.05, 0.1) is 0 Å². The summed E-state index contributed by atoms with van der Waals surface area (Å²) in [6.45, 7) is 2.02. The molecule has 108 valence electrons. The molecule has 0 aliphatic carbocycles. The number of halogens is 1. The summed E-state index contributed by atoms with van der Waals surface area (Å²) in [6.07, 6.45) is 0.0417. The monoisotopic (exact) mass is 410 g/mol. The Morgan fingerprint density at radius 1 is 1.29 bits per heavy atom. The number of hydrogen-bond donors (Lipinski definition) is 1. The van der Waals surface area contributed by atoms with Crippen LogP contribution in [0, 0.1) is 6.92 Å². The number of rotatable bonds is 2. The van der Waals surface area contributed by atoms with Crippen molar-refractivity contribution in [3.63, 3.8) is 0 Å². The fourth-order valence-electron chi connectivity index (χ4n) is 2.29. The van der Waals surface area contributed by atoms with Crippen molar-refractivity contribution in [1.29, 1.82) is 0 Å². The molecule has 4 heteroatoms. The fraction of sp³-hybridized carbons (Fsp3) is 0.176. The molecule has 0 radical (unpaired) electrons. The molecule has 0 saturated carbocycles. The van der Waals surface area contributed by atoms with Crippen LogP contribution in [0.5, 0.6) is 5.75 Å². The van der Waals surface area contributed by atoms with Gasteiger partial charge >= 0.3 is 139 Å². The number of hydrogen-bond acceptors (Lipinski definition) is 2. The van der Waals surface area contributed by atoms with Crippen molar-refractivity contribution in [2.45, 2.75) is 19.4 Å².